The topological polar surface area (TPSA) is 105 Å². The van der Waals surface area contributed by atoms with Crippen molar-refractivity contribution in [1.29, 1.82) is 0 Å². The van der Waals surface area contributed by atoms with Crippen LogP contribution in [0.1, 0.15) is 35.3 Å². The largest absolute Gasteiger partial charge is 0.421 e. The summed E-state index contributed by atoms with van der Waals surface area (Å²) < 4.78 is 127. The lowest BCUT2D eigenvalue weighted by atomic mass is 9.99. The summed E-state index contributed by atoms with van der Waals surface area (Å²) in [4.78, 5) is 46.2. The van der Waals surface area contributed by atoms with Crippen molar-refractivity contribution in [2.24, 2.45) is 0 Å². The highest BCUT2D eigenvalue weighted by Gasteiger charge is 2.71. The molecule has 2 aliphatic heterocycles. The molecule has 0 spiro atoms. The molecule has 2 aromatic rings. The van der Waals surface area contributed by atoms with Crippen LogP contribution in [0.5, 0.6) is 0 Å². The Balaban J connectivity index is 1.69. The highest BCUT2D eigenvalue weighted by molar-refractivity contribution is 6.28. The number of anilines is 1. The number of halogens is 9. The maximum atomic E-state index is 14.2. The molecule has 2 fully saturated rings. The number of urea groups is 1. The number of nitrogens with zero attached hydrogens (tertiary/aromatic N) is 4. The van der Waals surface area contributed by atoms with Gasteiger partial charge < -0.3 is 10.1 Å². The Morgan fingerprint density at radius 3 is 2.26 bits per heavy atom. The molecule has 2 atom stereocenters. The summed E-state index contributed by atoms with van der Waals surface area (Å²) in [5, 5.41) is 3.04. The molecule has 1 N–H and O–H groups in total. The molecule has 0 bridgehead atoms. The molecule has 226 valence electrons. The van der Waals surface area contributed by atoms with Gasteiger partial charge in [0.2, 0.25) is 5.54 Å². The van der Waals surface area contributed by atoms with Gasteiger partial charge in [0.1, 0.15) is 0 Å². The zero-order valence-electron chi connectivity index (χ0n) is 21.1. The van der Waals surface area contributed by atoms with Crippen molar-refractivity contribution in [1.82, 2.24) is 20.2 Å². The summed E-state index contributed by atoms with van der Waals surface area (Å²) in [7, 11) is 0. The van der Waals surface area contributed by atoms with Crippen molar-refractivity contribution in [3.05, 3.63) is 59.1 Å². The molecule has 2 saturated heterocycles. The van der Waals surface area contributed by atoms with Crippen LogP contribution in [-0.2, 0) is 26.7 Å². The third kappa shape index (κ3) is 5.55. The first kappa shape index (κ1) is 30.9. The Hall–Kier alpha value is -4.06. The number of carbonyl (C=O) groups is 3. The van der Waals surface area contributed by atoms with E-state index in [4.69, 9.17) is 4.74 Å². The van der Waals surface area contributed by atoms with E-state index in [1.54, 1.807) is 0 Å². The van der Waals surface area contributed by atoms with Crippen LogP contribution < -0.4 is 10.2 Å². The van der Waals surface area contributed by atoms with E-state index < -0.39 is 75.4 Å². The summed E-state index contributed by atoms with van der Waals surface area (Å²) in [6, 6.07) is -1.90. The van der Waals surface area contributed by atoms with Gasteiger partial charge in [-0.2, -0.15) is 39.5 Å². The molecule has 18 heteroatoms. The third-order valence-electron chi connectivity index (χ3n) is 6.48. The van der Waals surface area contributed by atoms with Crippen molar-refractivity contribution >= 4 is 29.7 Å². The molecule has 4 rings (SSSR count). The molecule has 0 aliphatic carbocycles. The van der Waals surface area contributed by atoms with E-state index >= 15 is 0 Å². The fraction of sp³-hybridized carbons (Fsp3) is 0.375. The number of rotatable bonds is 4. The van der Waals surface area contributed by atoms with Crippen LogP contribution in [0.3, 0.4) is 0 Å². The van der Waals surface area contributed by atoms with E-state index in [1.807, 2.05) is 0 Å². The summed E-state index contributed by atoms with van der Waals surface area (Å²) in [5.74, 6) is -4.51. The van der Waals surface area contributed by atoms with Gasteiger partial charge in [-0.05, 0) is 30.7 Å². The van der Waals surface area contributed by atoms with Gasteiger partial charge in [0.05, 0.1) is 48.5 Å². The second-order valence-corrected chi connectivity index (χ2v) is 9.18. The van der Waals surface area contributed by atoms with E-state index in [0.717, 1.165) is 12.4 Å². The minimum atomic E-state index is -5.57. The normalized spacial score (nSPS) is 22.4. The molecule has 0 saturated carbocycles. The second kappa shape index (κ2) is 10.6. The maximum absolute atomic E-state index is 14.2. The molecule has 3 heterocycles. The zero-order chi connectivity index (χ0) is 31.3. The van der Waals surface area contributed by atoms with Crippen LogP contribution in [0, 0.1) is 0 Å². The number of morpholine rings is 1. The lowest BCUT2D eigenvalue weighted by molar-refractivity contribution is -0.209. The van der Waals surface area contributed by atoms with Crippen molar-refractivity contribution in [3.63, 3.8) is 0 Å². The molecular weight excluding hydrogens is 593 g/mol. The number of imide groups is 2. The Morgan fingerprint density at radius 1 is 1.05 bits per heavy atom. The molecule has 9 nitrogen and oxygen atoms in total. The minimum absolute atomic E-state index is 0.0555. The third-order valence-corrected chi connectivity index (χ3v) is 6.48. The first-order valence-electron chi connectivity index (χ1n) is 11.8. The summed E-state index contributed by atoms with van der Waals surface area (Å²) in [6.45, 7) is 1.28. The van der Waals surface area contributed by atoms with Crippen LogP contribution in [0.15, 0.2) is 36.7 Å². The summed E-state index contributed by atoms with van der Waals surface area (Å²) >= 11 is 0. The number of aromatic nitrogens is 2. The molecular formula is C24H18F9N5O4. The number of ether oxygens (including phenoxy) is 1. The monoisotopic (exact) mass is 611 g/mol. The van der Waals surface area contributed by atoms with Gasteiger partial charge in [-0.3, -0.25) is 14.6 Å². The average Bonchev–Trinajstić information content (AvgIpc) is 3.12. The molecule has 2 aliphatic rings. The quantitative estimate of drug-likeness (QED) is 0.309. The van der Waals surface area contributed by atoms with Gasteiger partial charge in [-0.15, -0.1) is 0 Å². The van der Waals surface area contributed by atoms with Gasteiger partial charge in [0.15, 0.2) is 5.82 Å². The number of alkyl halides is 9. The van der Waals surface area contributed by atoms with Crippen molar-refractivity contribution in [2.45, 2.75) is 37.0 Å². The number of benzene rings is 1. The Bertz CT molecular complexity index is 1420. The van der Waals surface area contributed by atoms with Crippen LogP contribution >= 0.6 is 0 Å². The van der Waals surface area contributed by atoms with E-state index in [0.29, 0.717) is 19.2 Å². The van der Waals surface area contributed by atoms with E-state index in [2.05, 4.69) is 15.3 Å². The lowest BCUT2D eigenvalue weighted by Crippen LogP contribution is -2.59. The Kier molecular flexibility index (Phi) is 7.83. The molecule has 2 unspecified atom stereocenters. The molecule has 42 heavy (non-hydrogen) atoms. The van der Waals surface area contributed by atoms with Crippen LogP contribution in [0.4, 0.5) is 50.1 Å². The van der Waals surface area contributed by atoms with Crippen molar-refractivity contribution in [2.75, 3.05) is 24.7 Å². The lowest BCUT2D eigenvalue weighted by Gasteiger charge is -2.31. The van der Waals surface area contributed by atoms with Gasteiger partial charge >= 0.3 is 24.6 Å². The number of hydrogen-bond donors (Lipinski definition) is 1. The zero-order valence-corrected chi connectivity index (χ0v) is 21.1. The van der Waals surface area contributed by atoms with Gasteiger partial charge in [0.25, 0.3) is 11.8 Å². The number of carbonyl (C=O) groups excluding carboxylic acids is 3. The molecule has 1 aromatic heterocycles. The Labute approximate surface area is 229 Å². The first-order valence-corrected chi connectivity index (χ1v) is 11.8. The fourth-order valence-corrected chi connectivity index (χ4v) is 4.20. The van der Waals surface area contributed by atoms with E-state index in [-0.39, 0.29) is 48.4 Å². The highest BCUT2D eigenvalue weighted by atomic mass is 19.4. The van der Waals surface area contributed by atoms with Crippen LogP contribution in [0.2, 0.25) is 0 Å². The van der Waals surface area contributed by atoms with Crippen LogP contribution in [-0.4, -0.2) is 64.2 Å². The smallest absolute Gasteiger partial charge is 0.378 e. The van der Waals surface area contributed by atoms with Crippen molar-refractivity contribution in [3.8, 4) is 0 Å². The molecule has 4 amide bonds. The van der Waals surface area contributed by atoms with E-state index in [1.165, 1.54) is 0 Å². The maximum Gasteiger partial charge on any atom is 0.421 e. The van der Waals surface area contributed by atoms with Gasteiger partial charge in [-0.1, -0.05) is 6.07 Å². The van der Waals surface area contributed by atoms with E-state index in [9.17, 15) is 53.9 Å². The number of nitrogens with one attached hydrogen (secondary N) is 1. The fourth-order valence-electron chi connectivity index (χ4n) is 4.20. The Morgan fingerprint density at radius 2 is 1.74 bits per heavy atom. The molecule has 0 radical (unpaired) electrons. The average molecular weight is 611 g/mol. The van der Waals surface area contributed by atoms with Crippen molar-refractivity contribution < 1.29 is 58.6 Å². The SMILES string of the molecule is CC1(C(F)(F)F)C(=O)N(c2cnc(C3COCCN3)cn2)C(=O)N1C(=O)/C=C/c1ccc(C(F)(F)F)cc1C(F)(F)F. The highest BCUT2D eigenvalue weighted by Crippen LogP contribution is 2.43. The second-order valence-electron chi connectivity index (χ2n) is 9.18. The van der Waals surface area contributed by atoms with Gasteiger partial charge in [-0.25, -0.2) is 19.6 Å². The predicted octanol–water partition coefficient (Wildman–Crippen LogP) is 4.50. The first-order chi connectivity index (χ1) is 19.4. The molecule has 1 aromatic carbocycles. The van der Waals surface area contributed by atoms with Gasteiger partial charge in [0, 0.05) is 12.6 Å². The number of hydrogen-bond acceptors (Lipinski definition) is 7. The standard InChI is InChI=1S/C24H18F9N5O4/c1-21(24(31,32)33)19(40)37(17-10-35-15(9-36-17)16-11-42-7-6-34-16)20(41)38(21)18(39)5-3-12-2-4-13(22(25,26)27)8-14(12)23(28,29)30/h2-5,8-10,16,34H,6-7,11H2,1H3/b5-3+. The summed E-state index contributed by atoms with van der Waals surface area (Å²) in [5.41, 5.74) is -8.09. The van der Waals surface area contributed by atoms with Crippen LogP contribution in [0.25, 0.3) is 6.08 Å². The minimum Gasteiger partial charge on any atom is -0.378 e. The summed E-state index contributed by atoms with van der Waals surface area (Å²) in [6.07, 6.45) is -13.8. The number of amides is 4. The predicted molar refractivity (Wildman–Crippen MR) is 123 cm³/mol.